The van der Waals surface area contributed by atoms with Crippen LogP contribution in [0.2, 0.25) is 0 Å². The molecule has 0 bridgehead atoms. The van der Waals surface area contributed by atoms with Gasteiger partial charge in [-0.2, -0.15) is 4.73 Å². The molecule has 0 fully saturated rings. The average Bonchev–Trinajstić information content (AvgIpc) is 2.45. The predicted molar refractivity (Wildman–Crippen MR) is 45.7 cm³/mol. The molecule has 11 heavy (non-hydrogen) atoms. The molecule has 1 aromatic rings. The second-order valence-corrected chi connectivity index (χ2v) is 2.50. The number of aromatic nitrogens is 1. The monoisotopic (exact) mass is 153 g/mol. The quantitative estimate of drug-likeness (QED) is 0.644. The molecular formula is C9H15NO. The van der Waals surface area contributed by atoms with Gasteiger partial charge in [0.1, 0.15) is 7.11 Å². The fraction of sp³-hybridized carbons (Fsp3) is 0.556. The van der Waals surface area contributed by atoms with Gasteiger partial charge in [0.2, 0.25) is 0 Å². The van der Waals surface area contributed by atoms with Crippen LogP contribution in [0.15, 0.2) is 12.3 Å². The second kappa shape index (κ2) is 3.46. The predicted octanol–water partition coefficient (Wildman–Crippen LogP) is 1.67. The molecule has 0 spiro atoms. The van der Waals surface area contributed by atoms with Gasteiger partial charge in [0.15, 0.2) is 0 Å². The van der Waals surface area contributed by atoms with E-state index in [-0.39, 0.29) is 0 Å². The van der Waals surface area contributed by atoms with Gasteiger partial charge in [0, 0.05) is 6.20 Å². The standard InChI is InChI=1S/C9H15NO/c1-4-8-6-7-10(11-3)9(8)5-2/h6-7H,4-5H2,1-3H3. The fourth-order valence-corrected chi connectivity index (χ4v) is 1.36. The maximum Gasteiger partial charge on any atom is 0.104 e. The van der Waals surface area contributed by atoms with E-state index in [0.717, 1.165) is 12.8 Å². The van der Waals surface area contributed by atoms with Crippen LogP contribution in [0.5, 0.6) is 0 Å². The molecule has 0 saturated carbocycles. The van der Waals surface area contributed by atoms with Crippen molar-refractivity contribution in [3.05, 3.63) is 23.5 Å². The van der Waals surface area contributed by atoms with Gasteiger partial charge in [-0.1, -0.05) is 13.8 Å². The minimum absolute atomic E-state index is 1.03. The van der Waals surface area contributed by atoms with E-state index < -0.39 is 0 Å². The van der Waals surface area contributed by atoms with Gasteiger partial charge in [0.25, 0.3) is 0 Å². The maximum absolute atomic E-state index is 5.14. The average molecular weight is 153 g/mol. The molecule has 1 heterocycles. The molecule has 0 aliphatic rings. The fourth-order valence-electron chi connectivity index (χ4n) is 1.36. The van der Waals surface area contributed by atoms with Crippen LogP contribution in [0, 0.1) is 0 Å². The van der Waals surface area contributed by atoms with E-state index in [4.69, 9.17) is 4.84 Å². The number of rotatable bonds is 3. The van der Waals surface area contributed by atoms with Crippen molar-refractivity contribution in [2.75, 3.05) is 7.11 Å². The summed E-state index contributed by atoms with van der Waals surface area (Å²) in [5.41, 5.74) is 2.67. The smallest absolute Gasteiger partial charge is 0.104 e. The van der Waals surface area contributed by atoms with E-state index >= 15 is 0 Å². The van der Waals surface area contributed by atoms with Crippen LogP contribution in [0.3, 0.4) is 0 Å². The van der Waals surface area contributed by atoms with Crippen LogP contribution in [-0.2, 0) is 12.8 Å². The summed E-state index contributed by atoms with van der Waals surface area (Å²) >= 11 is 0. The first-order chi connectivity index (χ1) is 5.33. The van der Waals surface area contributed by atoms with Crippen molar-refractivity contribution in [1.82, 2.24) is 4.73 Å². The van der Waals surface area contributed by atoms with E-state index in [9.17, 15) is 0 Å². The van der Waals surface area contributed by atoms with Crippen LogP contribution in [0.1, 0.15) is 25.1 Å². The molecule has 0 radical (unpaired) electrons. The molecule has 0 amide bonds. The first-order valence-electron chi connectivity index (χ1n) is 4.07. The molecule has 2 nitrogen and oxygen atoms in total. The van der Waals surface area contributed by atoms with E-state index in [1.807, 2.05) is 10.9 Å². The lowest BCUT2D eigenvalue weighted by Gasteiger charge is -2.05. The van der Waals surface area contributed by atoms with Gasteiger partial charge in [-0.05, 0) is 24.5 Å². The van der Waals surface area contributed by atoms with Crippen molar-refractivity contribution in [2.45, 2.75) is 26.7 Å². The minimum atomic E-state index is 1.03. The zero-order valence-electron chi connectivity index (χ0n) is 7.42. The number of hydrogen-bond acceptors (Lipinski definition) is 1. The molecule has 0 aliphatic heterocycles. The summed E-state index contributed by atoms with van der Waals surface area (Å²) in [6.07, 6.45) is 4.08. The number of hydrogen-bond donors (Lipinski definition) is 0. The van der Waals surface area contributed by atoms with Crippen LogP contribution in [0.4, 0.5) is 0 Å². The van der Waals surface area contributed by atoms with Gasteiger partial charge in [-0.3, -0.25) is 0 Å². The summed E-state index contributed by atoms with van der Waals surface area (Å²) in [7, 11) is 1.69. The van der Waals surface area contributed by atoms with Gasteiger partial charge >= 0.3 is 0 Å². The number of aryl methyl sites for hydroxylation is 1. The third kappa shape index (κ3) is 1.39. The Balaban J connectivity index is 2.99. The van der Waals surface area contributed by atoms with Crippen molar-refractivity contribution < 1.29 is 4.84 Å². The van der Waals surface area contributed by atoms with E-state index in [2.05, 4.69) is 19.9 Å². The van der Waals surface area contributed by atoms with Crippen LogP contribution >= 0.6 is 0 Å². The lowest BCUT2D eigenvalue weighted by atomic mass is 10.1. The molecule has 1 aromatic heterocycles. The summed E-state index contributed by atoms with van der Waals surface area (Å²) in [5, 5.41) is 0. The van der Waals surface area contributed by atoms with Crippen LogP contribution < -0.4 is 4.84 Å². The second-order valence-electron chi connectivity index (χ2n) is 2.50. The molecule has 0 unspecified atom stereocenters. The van der Waals surface area contributed by atoms with Crippen molar-refractivity contribution in [2.24, 2.45) is 0 Å². The summed E-state index contributed by atoms with van der Waals surface area (Å²) in [5.74, 6) is 0. The third-order valence-corrected chi connectivity index (χ3v) is 1.96. The Hall–Kier alpha value is -0.920. The van der Waals surface area contributed by atoms with Gasteiger partial charge < -0.3 is 4.84 Å². The van der Waals surface area contributed by atoms with E-state index in [0.29, 0.717) is 0 Å². The normalized spacial score (nSPS) is 10.1. The summed E-state index contributed by atoms with van der Waals surface area (Å²) in [6.45, 7) is 4.30. The van der Waals surface area contributed by atoms with Gasteiger partial charge in [-0.25, -0.2) is 0 Å². The highest BCUT2D eigenvalue weighted by atomic mass is 16.6. The van der Waals surface area contributed by atoms with E-state index in [1.54, 1.807) is 7.11 Å². The first-order valence-corrected chi connectivity index (χ1v) is 4.07. The molecule has 0 atom stereocenters. The third-order valence-electron chi connectivity index (χ3n) is 1.96. The molecule has 0 saturated heterocycles. The topological polar surface area (TPSA) is 14.2 Å². The van der Waals surface area contributed by atoms with Crippen LogP contribution in [-0.4, -0.2) is 11.8 Å². The molecule has 2 heteroatoms. The van der Waals surface area contributed by atoms with Gasteiger partial charge in [0.05, 0.1) is 5.69 Å². The van der Waals surface area contributed by atoms with Gasteiger partial charge in [-0.15, -0.1) is 0 Å². The Morgan fingerprint density at radius 1 is 1.36 bits per heavy atom. The molecular weight excluding hydrogens is 138 g/mol. The molecule has 1 rings (SSSR count). The Labute approximate surface area is 67.7 Å². The SMILES string of the molecule is CCc1ccn(OC)c1CC. The minimum Gasteiger partial charge on any atom is -0.417 e. The van der Waals surface area contributed by atoms with Crippen molar-refractivity contribution in [3.8, 4) is 0 Å². The first kappa shape index (κ1) is 8.18. The highest BCUT2D eigenvalue weighted by Gasteiger charge is 2.04. The Bertz CT molecular complexity index is 206. The lowest BCUT2D eigenvalue weighted by molar-refractivity contribution is 0.160. The van der Waals surface area contributed by atoms with E-state index in [1.165, 1.54) is 11.3 Å². The summed E-state index contributed by atoms with van der Waals surface area (Å²) < 4.78 is 1.83. The highest BCUT2D eigenvalue weighted by molar-refractivity contribution is 5.21. The lowest BCUT2D eigenvalue weighted by Crippen LogP contribution is -2.08. The molecule has 62 valence electrons. The molecule has 0 aromatic carbocycles. The number of nitrogens with zero attached hydrogens (tertiary/aromatic N) is 1. The molecule has 0 N–H and O–H groups in total. The zero-order valence-corrected chi connectivity index (χ0v) is 7.42. The van der Waals surface area contributed by atoms with Crippen LogP contribution in [0.25, 0.3) is 0 Å². The van der Waals surface area contributed by atoms with Crippen molar-refractivity contribution >= 4 is 0 Å². The van der Waals surface area contributed by atoms with Crippen molar-refractivity contribution in [3.63, 3.8) is 0 Å². The van der Waals surface area contributed by atoms with Crippen molar-refractivity contribution in [1.29, 1.82) is 0 Å². The Morgan fingerprint density at radius 2 is 2.09 bits per heavy atom. The summed E-state index contributed by atoms with van der Waals surface area (Å²) in [4.78, 5) is 5.14. The summed E-state index contributed by atoms with van der Waals surface area (Å²) in [6, 6.07) is 2.11. The maximum atomic E-state index is 5.14. The Kier molecular flexibility index (Phi) is 2.58. The largest absolute Gasteiger partial charge is 0.417 e. The Morgan fingerprint density at radius 3 is 2.55 bits per heavy atom. The molecule has 0 aliphatic carbocycles. The zero-order chi connectivity index (χ0) is 8.27. The highest BCUT2D eigenvalue weighted by Crippen LogP contribution is 2.10.